The van der Waals surface area contributed by atoms with Crippen molar-refractivity contribution in [1.82, 2.24) is 9.78 Å². The van der Waals surface area contributed by atoms with E-state index in [4.69, 9.17) is 5.11 Å². The maximum absolute atomic E-state index is 11.1. The van der Waals surface area contributed by atoms with Gasteiger partial charge in [0.2, 0.25) is 0 Å². The molecule has 2 aromatic rings. The van der Waals surface area contributed by atoms with Crippen molar-refractivity contribution < 1.29 is 9.90 Å². The smallest absolute Gasteiger partial charge is 0.354 e. The lowest BCUT2D eigenvalue weighted by Gasteiger charge is -2.06. The number of aromatic carboxylic acids is 1. The number of hydrogen-bond donors (Lipinski definition) is 1. The topological polar surface area (TPSA) is 55.1 Å². The first-order valence-corrected chi connectivity index (χ1v) is 5.51. The maximum atomic E-state index is 11.1. The highest BCUT2D eigenvalue weighted by Gasteiger charge is 2.13. The van der Waals surface area contributed by atoms with E-state index in [1.807, 2.05) is 24.3 Å². The predicted octanol–water partition coefficient (Wildman–Crippen LogP) is 2.44. The fourth-order valence-electron chi connectivity index (χ4n) is 1.76. The zero-order valence-electron chi connectivity index (χ0n) is 9.84. The first kappa shape index (κ1) is 11.4. The Morgan fingerprint density at radius 1 is 1.41 bits per heavy atom. The van der Waals surface area contributed by atoms with Crippen LogP contribution in [0.3, 0.4) is 0 Å². The fourth-order valence-corrected chi connectivity index (χ4v) is 1.76. The van der Waals surface area contributed by atoms with Crippen molar-refractivity contribution in [2.24, 2.45) is 0 Å². The second-order valence-corrected chi connectivity index (χ2v) is 3.91. The molecule has 0 radical (unpaired) electrons. The third-order valence-corrected chi connectivity index (χ3v) is 2.61. The minimum Gasteiger partial charge on any atom is -0.477 e. The van der Waals surface area contributed by atoms with Gasteiger partial charge in [-0.3, -0.25) is 0 Å². The van der Waals surface area contributed by atoms with Crippen LogP contribution in [0, 0.1) is 6.92 Å². The number of carboxylic acids is 1. The molecule has 0 fully saturated rings. The van der Waals surface area contributed by atoms with E-state index in [1.165, 1.54) is 4.68 Å². The quantitative estimate of drug-likeness (QED) is 0.881. The molecule has 0 spiro atoms. The number of aryl methyl sites for hydroxylation is 2. The summed E-state index contributed by atoms with van der Waals surface area (Å²) in [4.78, 5) is 11.1. The molecule has 4 heteroatoms. The standard InChI is InChI=1S/C13H14N2O2/c1-3-10-5-4-6-11(8-10)15-12(13(16)17)7-9(2)14-15/h4-8H,3H2,1-2H3,(H,16,17). The summed E-state index contributed by atoms with van der Waals surface area (Å²) in [7, 11) is 0. The third kappa shape index (κ3) is 2.20. The SMILES string of the molecule is CCc1cccc(-n2nc(C)cc2C(=O)O)c1. The monoisotopic (exact) mass is 230 g/mol. The molecular weight excluding hydrogens is 216 g/mol. The van der Waals surface area contributed by atoms with Crippen LogP contribution in [-0.4, -0.2) is 20.9 Å². The molecule has 1 aromatic carbocycles. The van der Waals surface area contributed by atoms with Crippen LogP contribution < -0.4 is 0 Å². The molecular formula is C13H14N2O2. The van der Waals surface area contributed by atoms with E-state index in [2.05, 4.69) is 12.0 Å². The van der Waals surface area contributed by atoms with Gasteiger partial charge in [0.15, 0.2) is 5.69 Å². The number of aromatic nitrogens is 2. The summed E-state index contributed by atoms with van der Waals surface area (Å²) >= 11 is 0. The lowest BCUT2D eigenvalue weighted by molar-refractivity contribution is 0.0687. The van der Waals surface area contributed by atoms with Crippen LogP contribution in [0.1, 0.15) is 28.7 Å². The van der Waals surface area contributed by atoms with Gasteiger partial charge in [-0.15, -0.1) is 0 Å². The second kappa shape index (κ2) is 4.41. The summed E-state index contributed by atoms with van der Waals surface area (Å²) < 4.78 is 1.47. The molecule has 0 aliphatic rings. The molecule has 0 aliphatic heterocycles. The molecule has 0 saturated carbocycles. The average Bonchev–Trinajstić information content (AvgIpc) is 2.72. The summed E-state index contributed by atoms with van der Waals surface area (Å²) in [5, 5.41) is 13.3. The lowest BCUT2D eigenvalue weighted by Crippen LogP contribution is -2.08. The van der Waals surface area contributed by atoms with Gasteiger partial charge in [0, 0.05) is 0 Å². The first-order valence-electron chi connectivity index (χ1n) is 5.51. The van der Waals surface area contributed by atoms with Gasteiger partial charge in [-0.05, 0) is 37.1 Å². The molecule has 0 bridgehead atoms. The number of rotatable bonds is 3. The Balaban J connectivity index is 2.55. The first-order chi connectivity index (χ1) is 8.11. The van der Waals surface area contributed by atoms with Crippen LogP contribution in [-0.2, 0) is 6.42 Å². The highest BCUT2D eigenvalue weighted by atomic mass is 16.4. The van der Waals surface area contributed by atoms with E-state index in [0.717, 1.165) is 17.7 Å². The number of benzene rings is 1. The van der Waals surface area contributed by atoms with Crippen molar-refractivity contribution in [3.8, 4) is 5.69 Å². The van der Waals surface area contributed by atoms with E-state index < -0.39 is 5.97 Å². The van der Waals surface area contributed by atoms with E-state index in [9.17, 15) is 4.79 Å². The minimum atomic E-state index is -0.965. The van der Waals surface area contributed by atoms with E-state index in [-0.39, 0.29) is 5.69 Å². The Labute approximate surface area is 99.5 Å². The van der Waals surface area contributed by atoms with Gasteiger partial charge in [-0.2, -0.15) is 5.10 Å². The van der Waals surface area contributed by atoms with Gasteiger partial charge in [0.05, 0.1) is 11.4 Å². The number of hydrogen-bond acceptors (Lipinski definition) is 2. The van der Waals surface area contributed by atoms with Gasteiger partial charge in [0.25, 0.3) is 0 Å². The van der Waals surface area contributed by atoms with Crippen LogP contribution in [0.4, 0.5) is 0 Å². The van der Waals surface area contributed by atoms with E-state index in [0.29, 0.717) is 5.69 Å². The normalized spacial score (nSPS) is 10.5. The van der Waals surface area contributed by atoms with Gasteiger partial charge < -0.3 is 5.11 Å². The minimum absolute atomic E-state index is 0.191. The van der Waals surface area contributed by atoms with Crippen LogP contribution in [0.25, 0.3) is 5.69 Å². The average molecular weight is 230 g/mol. The number of carbonyl (C=O) groups is 1. The van der Waals surface area contributed by atoms with Crippen LogP contribution in [0.2, 0.25) is 0 Å². The Morgan fingerprint density at radius 2 is 2.18 bits per heavy atom. The number of carboxylic acid groups (broad SMARTS) is 1. The van der Waals surface area contributed by atoms with Gasteiger partial charge >= 0.3 is 5.97 Å². The highest BCUT2D eigenvalue weighted by Crippen LogP contribution is 2.14. The molecule has 0 aliphatic carbocycles. The molecule has 88 valence electrons. The summed E-state index contributed by atoms with van der Waals surface area (Å²) in [6.07, 6.45) is 0.913. The molecule has 2 rings (SSSR count). The van der Waals surface area contributed by atoms with Crippen molar-refractivity contribution >= 4 is 5.97 Å². The predicted molar refractivity (Wildman–Crippen MR) is 64.6 cm³/mol. The van der Waals surface area contributed by atoms with Crippen molar-refractivity contribution in [3.63, 3.8) is 0 Å². The lowest BCUT2D eigenvalue weighted by atomic mass is 10.1. The molecule has 0 unspecified atom stereocenters. The Kier molecular flexibility index (Phi) is 2.95. The van der Waals surface area contributed by atoms with Gasteiger partial charge in [-0.1, -0.05) is 19.1 Å². The zero-order valence-corrected chi connectivity index (χ0v) is 9.84. The Morgan fingerprint density at radius 3 is 2.82 bits per heavy atom. The second-order valence-electron chi connectivity index (χ2n) is 3.91. The van der Waals surface area contributed by atoms with Crippen LogP contribution >= 0.6 is 0 Å². The van der Waals surface area contributed by atoms with Crippen molar-refractivity contribution in [3.05, 3.63) is 47.3 Å². The van der Waals surface area contributed by atoms with Crippen molar-refractivity contribution in [2.45, 2.75) is 20.3 Å². The molecule has 0 atom stereocenters. The summed E-state index contributed by atoms with van der Waals surface area (Å²) in [5.74, 6) is -0.965. The van der Waals surface area contributed by atoms with Crippen molar-refractivity contribution in [1.29, 1.82) is 0 Å². The summed E-state index contributed by atoms with van der Waals surface area (Å²) in [5.41, 5.74) is 2.84. The molecule has 1 N–H and O–H groups in total. The summed E-state index contributed by atoms with van der Waals surface area (Å²) in [6, 6.07) is 9.31. The van der Waals surface area contributed by atoms with Crippen LogP contribution in [0.5, 0.6) is 0 Å². The fraction of sp³-hybridized carbons (Fsp3) is 0.231. The molecule has 1 heterocycles. The van der Waals surface area contributed by atoms with Crippen molar-refractivity contribution in [2.75, 3.05) is 0 Å². The van der Waals surface area contributed by atoms with Crippen LogP contribution in [0.15, 0.2) is 30.3 Å². The molecule has 1 aromatic heterocycles. The Bertz CT molecular complexity index is 558. The highest BCUT2D eigenvalue weighted by molar-refractivity contribution is 5.86. The Hall–Kier alpha value is -2.10. The van der Waals surface area contributed by atoms with Gasteiger partial charge in [-0.25, -0.2) is 9.48 Å². The molecule has 4 nitrogen and oxygen atoms in total. The maximum Gasteiger partial charge on any atom is 0.354 e. The molecule has 17 heavy (non-hydrogen) atoms. The largest absolute Gasteiger partial charge is 0.477 e. The number of nitrogens with zero attached hydrogens (tertiary/aromatic N) is 2. The third-order valence-electron chi connectivity index (χ3n) is 2.61. The van der Waals surface area contributed by atoms with E-state index in [1.54, 1.807) is 13.0 Å². The van der Waals surface area contributed by atoms with Gasteiger partial charge in [0.1, 0.15) is 0 Å². The zero-order chi connectivity index (χ0) is 12.4. The van der Waals surface area contributed by atoms with E-state index >= 15 is 0 Å². The molecule has 0 saturated heterocycles. The molecule has 0 amide bonds. The summed E-state index contributed by atoms with van der Waals surface area (Å²) in [6.45, 7) is 3.85.